The zero-order chi connectivity index (χ0) is 12.6. The summed E-state index contributed by atoms with van der Waals surface area (Å²) in [6, 6.07) is 2.76. The molecule has 2 heterocycles. The van der Waals surface area contributed by atoms with E-state index >= 15 is 0 Å². The Bertz CT molecular complexity index is 377. The molecule has 1 saturated carbocycles. The minimum atomic E-state index is -0.628. The number of amides is 1. The Labute approximate surface area is 109 Å². The van der Waals surface area contributed by atoms with E-state index in [0.717, 1.165) is 32.4 Å². The van der Waals surface area contributed by atoms with Crippen molar-refractivity contribution in [3.63, 3.8) is 0 Å². The number of nitriles is 1. The maximum Gasteiger partial charge on any atom is 0.243 e. The molecule has 1 amide bonds. The van der Waals surface area contributed by atoms with Crippen molar-refractivity contribution in [2.45, 2.75) is 44.6 Å². The molecule has 0 aromatic rings. The Kier molecular flexibility index (Phi) is 3.03. The van der Waals surface area contributed by atoms with E-state index in [0.29, 0.717) is 6.04 Å². The molecule has 3 rings (SSSR count). The monoisotopic (exact) mass is 247 g/mol. The number of piperidine rings is 1. The molecule has 3 fully saturated rings. The van der Waals surface area contributed by atoms with Gasteiger partial charge in [-0.3, -0.25) is 9.69 Å². The van der Waals surface area contributed by atoms with Crippen LogP contribution in [0.3, 0.4) is 0 Å². The van der Waals surface area contributed by atoms with E-state index in [4.69, 9.17) is 5.26 Å². The summed E-state index contributed by atoms with van der Waals surface area (Å²) >= 11 is 0. The summed E-state index contributed by atoms with van der Waals surface area (Å²) in [5.74, 6) is 0.101. The zero-order valence-electron chi connectivity index (χ0n) is 10.9. The standard InChI is InChI=1S/C14H21N3O/c15-11-14(5-6-14)13(18)17-9-4-12(10-17)16-7-2-1-3-8-16/h12H,1-10H2. The predicted octanol–water partition coefficient (Wildman–Crippen LogP) is 1.38. The Hall–Kier alpha value is -1.08. The molecule has 0 N–H and O–H groups in total. The van der Waals surface area contributed by atoms with Gasteiger partial charge in [0.15, 0.2) is 0 Å². The van der Waals surface area contributed by atoms with Crippen molar-refractivity contribution < 1.29 is 4.79 Å². The van der Waals surface area contributed by atoms with Gasteiger partial charge in [0.25, 0.3) is 0 Å². The lowest BCUT2D eigenvalue weighted by atomic mass is 10.1. The Morgan fingerprint density at radius 3 is 2.50 bits per heavy atom. The van der Waals surface area contributed by atoms with Gasteiger partial charge in [0.2, 0.25) is 5.91 Å². The summed E-state index contributed by atoms with van der Waals surface area (Å²) in [7, 11) is 0. The fraction of sp³-hybridized carbons (Fsp3) is 0.857. The third-order valence-electron chi connectivity index (χ3n) is 4.73. The van der Waals surface area contributed by atoms with Gasteiger partial charge in [-0.1, -0.05) is 6.42 Å². The first-order valence-electron chi connectivity index (χ1n) is 7.20. The molecule has 0 bridgehead atoms. The first-order valence-corrected chi connectivity index (χ1v) is 7.20. The number of nitrogens with zero attached hydrogens (tertiary/aromatic N) is 3. The summed E-state index contributed by atoms with van der Waals surface area (Å²) in [6.07, 6.45) is 6.58. The van der Waals surface area contributed by atoms with Gasteiger partial charge in [0, 0.05) is 19.1 Å². The molecule has 2 saturated heterocycles. The van der Waals surface area contributed by atoms with Gasteiger partial charge >= 0.3 is 0 Å². The second kappa shape index (κ2) is 4.55. The van der Waals surface area contributed by atoms with Crippen molar-refractivity contribution >= 4 is 5.91 Å². The number of hydrogen-bond donors (Lipinski definition) is 0. The average Bonchev–Trinajstić information content (AvgIpc) is 3.08. The highest BCUT2D eigenvalue weighted by atomic mass is 16.2. The highest BCUT2D eigenvalue weighted by Gasteiger charge is 2.53. The lowest BCUT2D eigenvalue weighted by Crippen LogP contribution is -2.42. The highest BCUT2D eigenvalue weighted by molar-refractivity contribution is 5.88. The van der Waals surface area contributed by atoms with Crippen LogP contribution in [0.1, 0.15) is 38.5 Å². The molecule has 0 aromatic carbocycles. The van der Waals surface area contributed by atoms with Crippen LogP contribution in [-0.2, 0) is 4.79 Å². The summed E-state index contributed by atoms with van der Waals surface area (Å²) in [4.78, 5) is 16.8. The molecule has 1 atom stereocenters. The Morgan fingerprint density at radius 1 is 1.17 bits per heavy atom. The summed E-state index contributed by atoms with van der Waals surface area (Å²) < 4.78 is 0. The fourth-order valence-electron chi connectivity index (χ4n) is 3.31. The summed E-state index contributed by atoms with van der Waals surface area (Å²) in [5.41, 5.74) is -0.628. The van der Waals surface area contributed by atoms with Gasteiger partial charge in [-0.2, -0.15) is 5.26 Å². The number of rotatable bonds is 2. The molecule has 1 unspecified atom stereocenters. The second-order valence-corrected chi connectivity index (χ2v) is 5.98. The molecule has 0 radical (unpaired) electrons. The van der Waals surface area contributed by atoms with Crippen LogP contribution in [0.4, 0.5) is 0 Å². The van der Waals surface area contributed by atoms with Crippen molar-refractivity contribution in [2.75, 3.05) is 26.2 Å². The molecule has 18 heavy (non-hydrogen) atoms. The van der Waals surface area contributed by atoms with Gasteiger partial charge < -0.3 is 4.90 Å². The third kappa shape index (κ3) is 2.01. The van der Waals surface area contributed by atoms with Crippen LogP contribution in [0.5, 0.6) is 0 Å². The maximum absolute atomic E-state index is 12.3. The van der Waals surface area contributed by atoms with Crippen LogP contribution in [0.25, 0.3) is 0 Å². The molecule has 0 aromatic heterocycles. The molecule has 2 aliphatic heterocycles. The Morgan fingerprint density at radius 2 is 1.89 bits per heavy atom. The maximum atomic E-state index is 12.3. The Balaban J connectivity index is 1.58. The van der Waals surface area contributed by atoms with Gasteiger partial charge in [-0.15, -0.1) is 0 Å². The van der Waals surface area contributed by atoms with Gasteiger partial charge in [-0.05, 0) is 45.2 Å². The topological polar surface area (TPSA) is 47.3 Å². The first kappa shape index (κ1) is 12.0. The fourth-order valence-corrected chi connectivity index (χ4v) is 3.31. The van der Waals surface area contributed by atoms with E-state index in [1.807, 2.05) is 4.90 Å². The zero-order valence-corrected chi connectivity index (χ0v) is 10.9. The third-order valence-corrected chi connectivity index (χ3v) is 4.73. The van der Waals surface area contributed by atoms with E-state index in [2.05, 4.69) is 11.0 Å². The summed E-state index contributed by atoms with van der Waals surface area (Å²) in [5, 5.41) is 9.09. The lowest BCUT2D eigenvalue weighted by Gasteiger charge is -2.32. The van der Waals surface area contributed by atoms with Crippen LogP contribution in [0, 0.1) is 16.7 Å². The van der Waals surface area contributed by atoms with Crippen LogP contribution in [0.15, 0.2) is 0 Å². The van der Waals surface area contributed by atoms with Crippen molar-refractivity contribution in [1.82, 2.24) is 9.80 Å². The van der Waals surface area contributed by atoms with E-state index in [-0.39, 0.29) is 5.91 Å². The minimum Gasteiger partial charge on any atom is -0.340 e. The highest BCUT2D eigenvalue weighted by Crippen LogP contribution is 2.47. The largest absolute Gasteiger partial charge is 0.340 e. The minimum absolute atomic E-state index is 0.101. The van der Waals surface area contributed by atoms with Gasteiger partial charge in [0.1, 0.15) is 5.41 Å². The second-order valence-electron chi connectivity index (χ2n) is 5.98. The number of likely N-dealkylation sites (tertiary alicyclic amines) is 2. The van der Waals surface area contributed by atoms with Crippen LogP contribution in [-0.4, -0.2) is 47.9 Å². The molecule has 4 heteroatoms. The van der Waals surface area contributed by atoms with E-state index < -0.39 is 5.41 Å². The van der Waals surface area contributed by atoms with E-state index in [9.17, 15) is 4.79 Å². The smallest absolute Gasteiger partial charge is 0.243 e. The predicted molar refractivity (Wildman–Crippen MR) is 67.7 cm³/mol. The van der Waals surface area contributed by atoms with Crippen molar-refractivity contribution in [3.8, 4) is 6.07 Å². The SMILES string of the molecule is N#CC1(C(=O)N2CCC(N3CCCCC3)C2)CC1. The van der Waals surface area contributed by atoms with E-state index in [1.54, 1.807) is 0 Å². The number of hydrogen-bond acceptors (Lipinski definition) is 3. The molecule has 0 spiro atoms. The van der Waals surface area contributed by atoms with Crippen LogP contribution < -0.4 is 0 Å². The number of carbonyl (C=O) groups is 1. The average molecular weight is 247 g/mol. The van der Waals surface area contributed by atoms with Crippen molar-refractivity contribution in [3.05, 3.63) is 0 Å². The van der Waals surface area contributed by atoms with Crippen molar-refractivity contribution in [1.29, 1.82) is 5.26 Å². The van der Waals surface area contributed by atoms with Crippen LogP contribution >= 0.6 is 0 Å². The lowest BCUT2D eigenvalue weighted by molar-refractivity contribution is -0.134. The normalized spacial score (nSPS) is 31.1. The molecule has 1 aliphatic carbocycles. The molecular formula is C14H21N3O. The van der Waals surface area contributed by atoms with Crippen molar-refractivity contribution in [2.24, 2.45) is 5.41 Å². The molecular weight excluding hydrogens is 226 g/mol. The quantitative estimate of drug-likeness (QED) is 0.740. The van der Waals surface area contributed by atoms with E-state index in [1.165, 1.54) is 32.4 Å². The van der Waals surface area contributed by atoms with Gasteiger partial charge in [-0.25, -0.2) is 0 Å². The molecule has 3 aliphatic rings. The number of carbonyl (C=O) groups excluding carboxylic acids is 1. The molecule has 98 valence electrons. The molecule has 4 nitrogen and oxygen atoms in total. The summed E-state index contributed by atoms with van der Waals surface area (Å²) in [6.45, 7) is 4.08. The van der Waals surface area contributed by atoms with Gasteiger partial charge in [0.05, 0.1) is 6.07 Å². The van der Waals surface area contributed by atoms with Crippen LogP contribution in [0.2, 0.25) is 0 Å². The first-order chi connectivity index (χ1) is 8.75.